The average molecular weight is 271 g/mol. The topological polar surface area (TPSA) is 15.3 Å². The normalized spacial score (nSPS) is 11.5. The lowest BCUT2D eigenvalue weighted by molar-refractivity contribution is 0.463. The van der Waals surface area contributed by atoms with Crippen LogP contribution in [0.4, 0.5) is 5.69 Å². The molecule has 0 unspecified atom stereocenters. The Hall–Kier alpha value is -0.540. The molecule has 1 N–H and O–H groups in total. The Labute approximate surface area is 101 Å². The summed E-state index contributed by atoms with van der Waals surface area (Å²) in [6, 6.07) is 8.37. The van der Waals surface area contributed by atoms with Crippen molar-refractivity contribution in [2.45, 2.75) is 19.4 Å². The summed E-state index contributed by atoms with van der Waals surface area (Å²) in [7, 11) is 4.11. The van der Waals surface area contributed by atoms with Crippen LogP contribution in [-0.4, -0.2) is 26.2 Å². The van der Waals surface area contributed by atoms with Crippen LogP contribution in [0.2, 0.25) is 0 Å². The van der Waals surface area contributed by atoms with Gasteiger partial charge >= 0.3 is 0 Å². The maximum atomic E-state index is 3.49. The number of halogens is 1. The van der Waals surface area contributed by atoms with E-state index in [9.17, 15) is 0 Å². The van der Waals surface area contributed by atoms with Gasteiger partial charge in [0.2, 0.25) is 0 Å². The zero-order valence-corrected chi connectivity index (χ0v) is 11.4. The first-order valence-corrected chi connectivity index (χ1v) is 5.90. The van der Waals surface area contributed by atoms with Gasteiger partial charge in [0.25, 0.3) is 0 Å². The number of hydrogen-bond acceptors (Lipinski definition) is 2. The van der Waals surface area contributed by atoms with Crippen molar-refractivity contribution in [2.75, 3.05) is 25.5 Å². The highest BCUT2D eigenvalue weighted by atomic mass is 79.9. The summed E-state index contributed by atoms with van der Waals surface area (Å²) < 4.78 is 1.12. The van der Waals surface area contributed by atoms with E-state index >= 15 is 0 Å². The monoisotopic (exact) mass is 270 g/mol. The molecule has 1 aromatic carbocycles. The first-order chi connectivity index (χ1) is 6.97. The molecule has 0 aliphatic heterocycles. The van der Waals surface area contributed by atoms with Crippen LogP contribution in [0.5, 0.6) is 0 Å². The number of benzene rings is 1. The van der Waals surface area contributed by atoms with Gasteiger partial charge in [-0.2, -0.15) is 0 Å². The van der Waals surface area contributed by atoms with Gasteiger partial charge < -0.3 is 10.2 Å². The zero-order valence-electron chi connectivity index (χ0n) is 9.84. The largest absolute Gasteiger partial charge is 0.368 e. The molecule has 15 heavy (non-hydrogen) atoms. The minimum atomic E-state index is 0.107. The molecule has 0 saturated heterocycles. The van der Waals surface area contributed by atoms with Gasteiger partial charge in [-0.15, -0.1) is 0 Å². The van der Waals surface area contributed by atoms with Gasteiger partial charge in [0.15, 0.2) is 0 Å². The molecule has 0 fully saturated rings. The minimum absolute atomic E-state index is 0.107. The number of nitrogens with zero attached hydrogens (tertiary/aromatic N) is 1. The summed E-state index contributed by atoms with van der Waals surface area (Å²) in [5.74, 6) is 0. The maximum Gasteiger partial charge on any atom is 0.0466 e. The molecule has 0 heterocycles. The van der Waals surface area contributed by atoms with E-state index in [4.69, 9.17) is 0 Å². The molecule has 84 valence electrons. The van der Waals surface area contributed by atoms with E-state index in [0.717, 1.165) is 11.0 Å². The molecule has 0 atom stereocenters. The molecule has 0 spiro atoms. The van der Waals surface area contributed by atoms with E-state index < -0.39 is 0 Å². The number of rotatable bonds is 4. The van der Waals surface area contributed by atoms with E-state index in [1.54, 1.807) is 0 Å². The van der Waals surface area contributed by atoms with Crippen molar-refractivity contribution in [3.8, 4) is 0 Å². The highest BCUT2D eigenvalue weighted by Gasteiger charge is 2.22. The lowest BCUT2D eigenvalue weighted by atomic mass is 10.0. The summed E-state index contributed by atoms with van der Waals surface area (Å²) in [6.07, 6.45) is 0. The maximum absolute atomic E-state index is 3.49. The van der Waals surface area contributed by atoms with Gasteiger partial charge in [-0.3, -0.25) is 0 Å². The summed E-state index contributed by atoms with van der Waals surface area (Å²) in [5.41, 5.74) is 1.33. The van der Waals surface area contributed by atoms with Crippen LogP contribution >= 0.6 is 15.9 Å². The van der Waals surface area contributed by atoms with Crippen molar-refractivity contribution in [3.63, 3.8) is 0 Å². The van der Waals surface area contributed by atoms with Gasteiger partial charge in [-0.25, -0.2) is 0 Å². The fourth-order valence-electron chi connectivity index (χ4n) is 1.59. The van der Waals surface area contributed by atoms with Crippen LogP contribution in [0.3, 0.4) is 0 Å². The molecule has 1 rings (SSSR count). The molecule has 0 radical (unpaired) electrons. The van der Waals surface area contributed by atoms with Crippen LogP contribution < -0.4 is 10.2 Å². The highest BCUT2D eigenvalue weighted by molar-refractivity contribution is 9.10. The summed E-state index contributed by atoms with van der Waals surface area (Å²) in [5, 5.41) is 3.22. The summed E-state index contributed by atoms with van der Waals surface area (Å²) in [6.45, 7) is 5.41. The third-order valence-corrected chi connectivity index (χ3v) is 3.21. The molecule has 1 aromatic rings. The summed E-state index contributed by atoms with van der Waals surface area (Å²) in [4.78, 5) is 2.29. The van der Waals surface area contributed by atoms with Crippen LogP contribution in [0.25, 0.3) is 0 Å². The third kappa shape index (κ3) is 3.21. The molecular weight excluding hydrogens is 252 g/mol. The van der Waals surface area contributed by atoms with Crippen molar-refractivity contribution in [3.05, 3.63) is 28.7 Å². The SMILES string of the molecule is CNCC(C)(C)N(C)c1cccc(Br)c1. The Morgan fingerprint density at radius 2 is 2.07 bits per heavy atom. The smallest absolute Gasteiger partial charge is 0.0466 e. The van der Waals surface area contributed by atoms with Gasteiger partial charge in [-0.1, -0.05) is 22.0 Å². The number of hydrogen-bond donors (Lipinski definition) is 1. The van der Waals surface area contributed by atoms with Gasteiger partial charge in [0.05, 0.1) is 0 Å². The molecule has 0 amide bonds. The van der Waals surface area contributed by atoms with Gasteiger partial charge in [0, 0.05) is 29.3 Å². The first kappa shape index (κ1) is 12.5. The molecule has 0 bridgehead atoms. The predicted molar refractivity (Wildman–Crippen MR) is 70.6 cm³/mol. The second-order valence-electron chi connectivity index (χ2n) is 4.38. The average Bonchev–Trinajstić information content (AvgIpc) is 2.16. The van der Waals surface area contributed by atoms with Crippen LogP contribution in [0, 0.1) is 0 Å². The standard InChI is InChI=1S/C12H19BrN2/c1-12(2,9-14-3)15(4)11-7-5-6-10(13)8-11/h5-8,14H,9H2,1-4H3. The molecule has 3 heteroatoms. The van der Waals surface area contributed by atoms with E-state index in [1.807, 2.05) is 13.1 Å². The van der Waals surface area contributed by atoms with Crippen LogP contribution in [0.1, 0.15) is 13.8 Å². The molecular formula is C12H19BrN2. The second kappa shape index (κ2) is 4.99. The van der Waals surface area contributed by atoms with E-state index in [1.165, 1.54) is 5.69 Å². The molecule has 0 aliphatic carbocycles. The molecule has 0 aliphatic rings. The number of anilines is 1. The van der Waals surface area contributed by atoms with Gasteiger partial charge in [0.1, 0.15) is 0 Å². The fourth-order valence-corrected chi connectivity index (χ4v) is 1.97. The quantitative estimate of drug-likeness (QED) is 0.905. The molecule has 0 saturated carbocycles. The molecule has 0 aromatic heterocycles. The Bertz CT molecular complexity index is 323. The predicted octanol–water partition coefficient (Wildman–Crippen LogP) is 2.88. The van der Waals surface area contributed by atoms with E-state index in [2.05, 4.69) is 65.2 Å². The number of likely N-dealkylation sites (N-methyl/N-ethyl adjacent to an activating group) is 2. The Morgan fingerprint density at radius 1 is 1.40 bits per heavy atom. The van der Waals surface area contributed by atoms with E-state index in [0.29, 0.717) is 0 Å². The number of nitrogens with one attached hydrogen (secondary N) is 1. The van der Waals surface area contributed by atoms with Crippen molar-refractivity contribution in [2.24, 2.45) is 0 Å². The van der Waals surface area contributed by atoms with Crippen molar-refractivity contribution in [1.82, 2.24) is 5.32 Å². The van der Waals surface area contributed by atoms with Crippen LogP contribution in [0.15, 0.2) is 28.7 Å². The Morgan fingerprint density at radius 3 is 2.60 bits per heavy atom. The van der Waals surface area contributed by atoms with Crippen molar-refractivity contribution in [1.29, 1.82) is 0 Å². The van der Waals surface area contributed by atoms with Gasteiger partial charge in [-0.05, 0) is 39.1 Å². The lowest BCUT2D eigenvalue weighted by Gasteiger charge is -2.37. The molecule has 2 nitrogen and oxygen atoms in total. The highest BCUT2D eigenvalue weighted by Crippen LogP contribution is 2.24. The van der Waals surface area contributed by atoms with Crippen molar-refractivity contribution < 1.29 is 0 Å². The Kier molecular flexibility index (Phi) is 4.17. The third-order valence-electron chi connectivity index (χ3n) is 2.71. The second-order valence-corrected chi connectivity index (χ2v) is 5.30. The zero-order chi connectivity index (χ0) is 11.5. The lowest BCUT2D eigenvalue weighted by Crippen LogP contribution is -2.48. The van der Waals surface area contributed by atoms with Crippen LogP contribution in [-0.2, 0) is 0 Å². The first-order valence-electron chi connectivity index (χ1n) is 5.11. The minimum Gasteiger partial charge on any atom is -0.368 e. The summed E-state index contributed by atoms with van der Waals surface area (Å²) >= 11 is 3.49. The fraction of sp³-hybridized carbons (Fsp3) is 0.500. The van der Waals surface area contributed by atoms with Crippen molar-refractivity contribution >= 4 is 21.6 Å². The van der Waals surface area contributed by atoms with E-state index in [-0.39, 0.29) is 5.54 Å². The Balaban J connectivity index is 2.88.